The summed E-state index contributed by atoms with van der Waals surface area (Å²) in [5, 5.41) is 2.32. The normalized spacial score (nSPS) is 21.2. The third-order valence-corrected chi connectivity index (χ3v) is 9.13. The minimum atomic E-state index is -0.563. The number of aromatic nitrogens is 1. The van der Waals surface area contributed by atoms with Crippen molar-refractivity contribution in [3.63, 3.8) is 0 Å². The maximum absolute atomic E-state index is 14.2. The van der Waals surface area contributed by atoms with Crippen LogP contribution in [0.1, 0.15) is 38.5 Å². The van der Waals surface area contributed by atoms with Gasteiger partial charge in [0.1, 0.15) is 6.10 Å². The standard InChI is InChI=1S/C39H39NO5S/c41-35(39-40-21-22-46-39)34-23-33(28-42-24-29-13-5-1-6-14-29)36(43-25-30-15-7-2-8-16-30)38(45-27-32-19-11-4-12-20-32)37(34)44-26-31-17-9-3-10-18-31/h1-22,33-34,36-38H,23-28H2/t33-,34+,36+,37+,38+/m1/s1. The van der Waals surface area contributed by atoms with Crippen molar-refractivity contribution in [1.29, 1.82) is 0 Å². The summed E-state index contributed by atoms with van der Waals surface area (Å²) < 4.78 is 26.6. The zero-order chi connectivity index (χ0) is 31.4. The van der Waals surface area contributed by atoms with Gasteiger partial charge in [-0.15, -0.1) is 11.3 Å². The molecule has 6 nitrogen and oxygen atoms in total. The summed E-state index contributed by atoms with van der Waals surface area (Å²) in [4.78, 5) is 18.6. The number of carbonyl (C=O) groups excluding carboxylic acids is 1. The van der Waals surface area contributed by atoms with E-state index in [-0.39, 0.29) is 17.8 Å². The number of rotatable bonds is 15. The molecule has 1 aromatic heterocycles. The number of carbonyl (C=O) groups is 1. The molecule has 0 N–H and O–H groups in total. The topological polar surface area (TPSA) is 66.9 Å². The van der Waals surface area contributed by atoms with Crippen LogP contribution in [0.3, 0.4) is 0 Å². The van der Waals surface area contributed by atoms with Gasteiger partial charge >= 0.3 is 0 Å². The molecule has 5 atom stereocenters. The lowest BCUT2D eigenvalue weighted by Gasteiger charge is -2.45. The molecule has 4 aromatic carbocycles. The lowest BCUT2D eigenvalue weighted by Crippen LogP contribution is -2.57. The smallest absolute Gasteiger partial charge is 0.197 e. The molecule has 46 heavy (non-hydrogen) atoms. The summed E-state index contributed by atoms with van der Waals surface area (Å²) in [5.41, 5.74) is 4.23. The van der Waals surface area contributed by atoms with Crippen molar-refractivity contribution < 1.29 is 23.7 Å². The van der Waals surface area contributed by atoms with Crippen LogP contribution in [-0.2, 0) is 45.4 Å². The molecule has 1 fully saturated rings. The molecular weight excluding hydrogens is 594 g/mol. The van der Waals surface area contributed by atoms with Crippen molar-refractivity contribution in [2.45, 2.75) is 51.2 Å². The second-order valence-corrected chi connectivity index (χ2v) is 12.5. The summed E-state index contributed by atoms with van der Waals surface area (Å²) >= 11 is 1.36. The van der Waals surface area contributed by atoms with Crippen LogP contribution >= 0.6 is 11.3 Å². The Balaban J connectivity index is 1.33. The molecule has 5 aromatic rings. The molecule has 1 heterocycles. The van der Waals surface area contributed by atoms with E-state index < -0.39 is 18.1 Å². The van der Waals surface area contributed by atoms with Gasteiger partial charge in [-0.25, -0.2) is 4.98 Å². The Labute approximate surface area is 275 Å². The molecule has 1 aliphatic rings. The van der Waals surface area contributed by atoms with E-state index >= 15 is 0 Å². The predicted molar refractivity (Wildman–Crippen MR) is 179 cm³/mol. The van der Waals surface area contributed by atoms with Crippen molar-refractivity contribution in [2.24, 2.45) is 11.8 Å². The number of thiazole rings is 1. The highest BCUT2D eigenvalue weighted by Crippen LogP contribution is 2.39. The maximum atomic E-state index is 14.2. The third kappa shape index (κ3) is 8.63. The molecule has 1 aliphatic carbocycles. The Morgan fingerprint density at radius 2 is 1.07 bits per heavy atom. The first-order valence-corrected chi connectivity index (χ1v) is 16.6. The van der Waals surface area contributed by atoms with Crippen molar-refractivity contribution in [3.8, 4) is 0 Å². The Hall–Kier alpha value is -3.98. The van der Waals surface area contributed by atoms with Gasteiger partial charge in [0.2, 0.25) is 0 Å². The third-order valence-electron chi connectivity index (χ3n) is 8.34. The first-order chi connectivity index (χ1) is 22.7. The van der Waals surface area contributed by atoms with Crippen LogP contribution in [0.5, 0.6) is 0 Å². The molecule has 0 amide bonds. The second kappa shape index (κ2) is 16.5. The minimum Gasteiger partial charge on any atom is -0.376 e. The highest BCUT2D eigenvalue weighted by Gasteiger charge is 2.50. The predicted octanol–water partition coefficient (Wildman–Crippen LogP) is 7.93. The molecular formula is C39H39NO5S. The largest absolute Gasteiger partial charge is 0.376 e. The van der Waals surface area contributed by atoms with E-state index in [1.165, 1.54) is 11.3 Å². The van der Waals surface area contributed by atoms with E-state index in [1.807, 2.05) is 102 Å². The van der Waals surface area contributed by atoms with Crippen LogP contribution in [0, 0.1) is 11.8 Å². The van der Waals surface area contributed by atoms with Gasteiger partial charge in [-0.05, 0) is 28.7 Å². The van der Waals surface area contributed by atoms with E-state index in [2.05, 4.69) is 29.2 Å². The minimum absolute atomic E-state index is 0.0315. The average Bonchev–Trinajstić information content (AvgIpc) is 3.66. The van der Waals surface area contributed by atoms with Gasteiger partial charge in [0.05, 0.1) is 51.2 Å². The lowest BCUT2D eigenvalue weighted by atomic mass is 9.73. The summed E-state index contributed by atoms with van der Waals surface area (Å²) in [6.07, 6.45) is 0.709. The monoisotopic (exact) mass is 633 g/mol. The Morgan fingerprint density at radius 3 is 1.54 bits per heavy atom. The highest BCUT2D eigenvalue weighted by atomic mass is 32.1. The Kier molecular flexibility index (Phi) is 11.5. The fourth-order valence-corrected chi connectivity index (χ4v) is 6.68. The van der Waals surface area contributed by atoms with Gasteiger partial charge in [0.15, 0.2) is 10.8 Å². The van der Waals surface area contributed by atoms with Crippen LogP contribution in [-0.4, -0.2) is 35.7 Å². The summed E-state index contributed by atoms with van der Waals surface area (Å²) in [5.74, 6) is -0.646. The van der Waals surface area contributed by atoms with Gasteiger partial charge in [-0.3, -0.25) is 4.79 Å². The Bertz CT molecular complexity index is 1590. The molecule has 6 rings (SSSR count). The molecule has 0 aliphatic heterocycles. The molecule has 0 spiro atoms. The number of benzene rings is 4. The number of hydrogen-bond donors (Lipinski definition) is 0. The van der Waals surface area contributed by atoms with Crippen LogP contribution in [0.15, 0.2) is 133 Å². The quantitative estimate of drug-likeness (QED) is 0.109. The van der Waals surface area contributed by atoms with Crippen LogP contribution < -0.4 is 0 Å². The average molecular weight is 634 g/mol. The molecule has 1 saturated carbocycles. The van der Waals surface area contributed by atoms with Crippen LogP contribution in [0.4, 0.5) is 0 Å². The highest BCUT2D eigenvalue weighted by molar-refractivity contribution is 7.11. The summed E-state index contributed by atoms with van der Waals surface area (Å²) in [6.45, 7) is 1.99. The molecule has 0 unspecified atom stereocenters. The number of Topliss-reactive ketones (excluding diaryl/α,β-unsaturated/α-hetero) is 1. The van der Waals surface area contributed by atoms with Crippen LogP contribution in [0.25, 0.3) is 0 Å². The van der Waals surface area contributed by atoms with E-state index in [4.69, 9.17) is 18.9 Å². The van der Waals surface area contributed by atoms with E-state index in [0.717, 1.165) is 22.3 Å². The first-order valence-electron chi connectivity index (χ1n) is 15.8. The van der Waals surface area contributed by atoms with Gasteiger partial charge in [-0.2, -0.15) is 0 Å². The van der Waals surface area contributed by atoms with Crippen molar-refractivity contribution >= 4 is 17.1 Å². The Morgan fingerprint density at radius 1 is 0.609 bits per heavy atom. The zero-order valence-electron chi connectivity index (χ0n) is 25.7. The molecule has 236 valence electrons. The van der Waals surface area contributed by atoms with Gasteiger partial charge in [-0.1, -0.05) is 121 Å². The van der Waals surface area contributed by atoms with Crippen molar-refractivity contribution in [2.75, 3.05) is 6.61 Å². The number of nitrogens with zero attached hydrogens (tertiary/aromatic N) is 1. The van der Waals surface area contributed by atoms with E-state index in [9.17, 15) is 4.79 Å². The van der Waals surface area contributed by atoms with Crippen molar-refractivity contribution in [1.82, 2.24) is 4.98 Å². The van der Waals surface area contributed by atoms with Crippen molar-refractivity contribution in [3.05, 3.63) is 160 Å². The number of ether oxygens (including phenoxy) is 4. The van der Waals surface area contributed by atoms with Gasteiger partial charge < -0.3 is 18.9 Å². The lowest BCUT2D eigenvalue weighted by molar-refractivity contribution is -0.205. The van der Waals surface area contributed by atoms with E-state index in [1.54, 1.807) is 6.20 Å². The molecule has 0 bridgehead atoms. The van der Waals surface area contributed by atoms with Gasteiger partial charge in [0, 0.05) is 17.5 Å². The zero-order valence-corrected chi connectivity index (χ0v) is 26.5. The summed E-state index contributed by atoms with van der Waals surface area (Å²) in [7, 11) is 0. The van der Waals surface area contributed by atoms with Gasteiger partial charge in [0.25, 0.3) is 0 Å². The maximum Gasteiger partial charge on any atom is 0.197 e. The molecule has 7 heteroatoms. The molecule has 0 saturated heterocycles. The SMILES string of the molecule is O=C(c1nccs1)[C@@H]1C[C@H](COCc2ccccc2)[C@H](OCc2ccccc2)[C@H](OCc2ccccc2)[C@H]1OCc1ccccc1. The molecule has 0 radical (unpaired) electrons. The van der Waals surface area contributed by atoms with Crippen LogP contribution in [0.2, 0.25) is 0 Å². The first kappa shape index (κ1) is 32.0. The number of ketones is 1. The van der Waals surface area contributed by atoms with E-state index in [0.29, 0.717) is 44.5 Å². The second-order valence-electron chi connectivity index (χ2n) is 11.6. The fraction of sp³-hybridized carbons (Fsp3) is 0.282. The fourth-order valence-electron chi connectivity index (χ4n) is 6.04. The summed E-state index contributed by atoms with van der Waals surface area (Å²) in [6, 6.07) is 40.4. The number of hydrogen-bond acceptors (Lipinski definition) is 7.